The first-order chi connectivity index (χ1) is 12.4. The van der Waals surface area contributed by atoms with Crippen LogP contribution in [0.3, 0.4) is 0 Å². The Morgan fingerprint density at radius 2 is 1.46 bits per heavy atom. The van der Waals surface area contributed by atoms with E-state index in [1.807, 2.05) is 36.4 Å². The maximum absolute atomic E-state index is 11.4. The lowest BCUT2D eigenvalue weighted by Gasteiger charge is -2.30. The molecule has 1 aliphatic rings. The number of carboxylic acid groups (broad SMARTS) is 1. The molecule has 5 heteroatoms. The number of aliphatic carboxylic acids is 1. The average Bonchev–Trinajstić information content (AvgIpc) is 3.17. The summed E-state index contributed by atoms with van der Waals surface area (Å²) in [4.78, 5) is 21.7. The van der Waals surface area contributed by atoms with E-state index in [4.69, 9.17) is 5.73 Å². The van der Waals surface area contributed by atoms with Crippen molar-refractivity contribution in [3.63, 3.8) is 0 Å². The molecular formula is C21H25NO4. The molecule has 0 saturated heterocycles. The van der Waals surface area contributed by atoms with E-state index < -0.39 is 11.6 Å². The van der Waals surface area contributed by atoms with Crippen LogP contribution in [0.25, 0.3) is 0 Å². The first kappa shape index (κ1) is 19.7. The standard InChI is InChI=1S/C13H16O3.C8H9NO/c14-12(15)13(16,11-8-4-5-9-11)10-6-2-1-3-7-10;9-8(10)6-7-4-2-1-3-5-7/h1-3,6-7,11,16H,4-5,8-9H2,(H,14,15);1-5H,6H2,(H2,9,10). The molecule has 1 aliphatic carbocycles. The van der Waals surface area contributed by atoms with Crippen LogP contribution in [0.4, 0.5) is 0 Å². The summed E-state index contributed by atoms with van der Waals surface area (Å²) < 4.78 is 0. The third-order valence-electron chi connectivity index (χ3n) is 4.71. The molecule has 2 aromatic carbocycles. The van der Waals surface area contributed by atoms with Crippen molar-refractivity contribution < 1.29 is 19.8 Å². The Labute approximate surface area is 153 Å². The molecule has 1 amide bonds. The van der Waals surface area contributed by atoms with Crippen molar-refractivity contribution in [2.75, 3.05) is 0 Å². The Bertz CT molecular complexity index is 711. The first-order valence-corrected chi connectivity index (χ1v) is 8.78. The second-order valence-corrected chi connectivity index (χ2v) is 6.55. The fourth-order valence-corrected chi connectivity index (χ4v) is 3.37. The number of hydrogen-bond donors (Lipinski definition) is 3. The van der Waals surface area contributed by atoms with Gasteiger partial charge in [-0.05, 0) is 24.0 Å². The highest BCUT2D eigenvalue weighted by Gasteiger charge is 2.46. The van der Waals surface area contributed by atoms with Gasteiger partial charge >= 0.3 is 5.97 Å². The van der Waals surface area contributed by atoms with Gasteiger partial charge in [0.1, 0.15) is 0 Å². The molecule has 5 nitrogen and oxygen atoms in total. The summed E-state index contributed by atoms with van der Waals surface area (Å²) in [6.45, 7) is 0. The van der Waals surface area contributed by atoms with Gasteiger partial charge in [0.25, 0.3) is 0 Å². The van der Waals surface area contributed by atoms with E-state index in [-0.39, 0.29) is 11.8 Å². The Morgan fingerprint density at radius 1 is 0.962 bits per heavy atom. The minimum Gasteiger partial charge on any atom is -0.479 e. The van der Waals surface area contributed by atoms with E-state index in [1.165, 1.54) is 0 Å². The second kappa shape index (κ2) is 9.15. The fourth-order valence-electron chi connectivity index (χ4n) is 3.37. The van der Waals surface area contributed by atoms with Crippen LogP contribution in [0.15, 0.2) is 60.7 Å². The van der Waals surface area contributed by atoms with Crippen molar-refractivity contribution in [1.82, 2.24) is 0 Å². The summed E-state index contributed by atoms with van der Waals surface area (Å²) >= 11 is 0. The van der Waals surface area contributed by atoms with Crippen LogP contribution in [0.5, 0.6) is 0 Å². The molecule has 1 unspecified atom stereocenters. The SMILES string of the molecule is NC(=O)Cc1ccccc1.O=C(O)C(O)(c1ccccc1)C1CCCC1. The van der Waals surface area contributed by atoms with Gasteiger partial charge in [-0.25, -0.2) is 4.79 Å². The molecule has 0 radical (unpaired) electrons. The zero-order valence-corrected chi connectivity index (χ0v) is 14.7. The molecule has 1 saturated carbocycles. The van der Waals surface area contributed by atoms with Crippen molar-refractivity contribution in [1.29, 1.82) is 0 Å². The first-order valence-electron chi connectivity index (χ1n) is 8.78. The van der Waals surface area contributed by atoms with Crippen LogP contribution >= 0.6 is 0 Å². The molecule has 26 heavy (non-hydrogen) atoms. The Kier molecular flexibility index (Phi) is 6.92. The predicted molar refractivity (Wildman–Crippen MR) is 99.3 cm³/mol. The predicted octanol–water partition coefficient (Wildman–Crippen LogP) is 2.86. The number of hydrogen-bond acceptors (Lipinski definition) is 3. The van der Waals surface area contributed by atoms with Gasteiger partial charge in [0.2, 0.25) is 5.91 Å². The highest BCUT2D eigenvalue weighted by Crippen LogP contribution is 2.40. The lowest BCUT2D eigenvalue weighted by Crippen LogP contribution is -2.42. The summed E-state index contributed by atoms with van der Waals surface area (Å²) in [5.41, 5.74) is 4.74. The lowest BCUT2D eigenvalue weighted by atomic mass is 9.80. The van der Waals surface area contributed by atoms with Crippen molar-refractivity contribution in [2.24, 2.45) is 11.7 Å². The highest BCUT2D eigenvalue weighted by atomic mass is 16.4. The number of rotatable bonds is 5. The lowest BCUT2D eigenvalue weighted by molar-refractivity contribution is -0.166. The maximum Gasteiger partial charge on any atom is 0.340 e. The molecular weight excluding hydrogens is 330 g/mol. The number of aliphatic hydroxyl groups is 1. The van der Waals surface area contributed by atoms with Crippen molar-refractivity contribution >= 4 is 11.9 Å². The Morgan fingerprint density at radius 3 is 1.92 bits per heavy atom. The summed E-state index contributed by atoms with van der Waals surface area (Å²) in [5.74, 6) is -1.58. The largest absolute Gasteiger partial charge is 0.479 e. The molecule has 138 valence electrons. The van der Waals surface area contributed by atoms with Gasteiger partial charge in [0, 0.05) is 5.92 Å². The van der Waals surface area contributed by atoms with Gasteiger partial charge in [-0.1, -0.05) is 73.5 Å². The van der Waals surface area contributed by atoms with Crippen molar-refractivity contribution in [3.8, 4) is 0 Å². The third kappa shape index (κ3) is 4.92. The van der Waals surface area contributed by atoms with Crippen molar-refractivity contribution in [3.05, 3.63) is 71.8 Å². The summed E-state index contributed by atoms with van der Waals surface area (Å²) in [6, 6.07) is 18.2. The van der Waals surface area contributed by atoms with Crippen molar-refractivity contribution in [2.45, 2.75) is 37.7 Å². The van der Waals surface area contributed by atoms with E-state index in [0.717, 1.165) is 31.2 Å². The summed E-state index contributed by atoms with van der Waals surface area (Å²) in [7, 11) is 0. The number of carboxylic acids is 1. The number of primary amides is 1. The zero-order valence-electron chi connectivity index (χ0n) is 14.7. The van der Waals surface area contributed by atoms with Crippen LogP contribution in [-0.2, 0) is 21.6 Å². The van der Waals surface area contributed by atoms with E-state index in [9.17, 15) is 19.8 Å². The number of benzene rings is 2. The monoisotopic (exact) mass is 355 g/mol. The van der Waals surface area contributed by atoms with Gasteiger partial charge in [-0.2, -0.15) is 0 Å². The number of amides is 1. The van der Waals surface area contributed by atoms with Gasteiger partial charge in [0.15, 0.2) is 5.60 Å². The number of nitrogens with two attached hydrogens (primary N) is 1. The molecule has 1 fully saturated rings. The highest BCUT2D eigenvalue weighted by molar-refractivity contribution is 5.79. The molecule has 0 spiro atoms. The average molecular weight is 355 g/mol. The maximum atomic E-state index is 11.4. The molecule has 3 rings (SSSR count). The molecule has 0 aromatic heterocycles. The van der Waals surface area contributed by atoms with Crippen LogP contribution < -0.4 is 5.73 Å². The van der Waals surface area contributed by atoms with E-state index in [1.54, 1.807) is 24.3 Å². The topological polar surface area (TPSA) is 101 Å². The van der Waals surface area contributed by atoms with Crippen LogP contribution in [0.1, 0.15) is 36.8 Å². The van der Waals surface area contributed by atoms with Crippen LogP contribution in [-0.4, -0.2) is 22.1 Å². The smallest absolute Gasteiger partial charge is 0.340 e. The summed E-state index contributed by atoms with van der Waals surface area (Å²) in [6.07, 6.45) is 3.93. The second-order valence-electron chi connectivity index (χ2n) is 6.55. The molecule has 2 aromatic rings. The van der Waals surface area contributed by atoms with Gasteiger partial charge in [0.05, 0.1) is 6.42 Å². The fraction of sp³-hybridized carbons (Fsp3) is 0.333. The van der Waals surface area contributed by atoms with E-state index in [2.05, 4.69) is 0 Å². The van der Waals surface area contributed by atoms with Gasteiger partial charge in [-0.3, -0.25) is 4.79 Å². The minimum absolute atomic E-state index is 0.160. The molecule has 0 heterocycles. The zero-order chi connectivity index (χ0) is 19.0. The molecule has 1 atom stereocenters. The quantitative estimate of drug-likeness (QED) is 0.767. The normalized spacial score (nSPS) is 16.2. The van der Waals surface area contributed by atoms with E-state index in [0.29, 0.717) is 12.0 Å². The Balaban J connectivity index is 0.000000209. The third-order valence-corrected chi connectivity index (χ3v) is 4.71. The molecule has 4 N–H and O–H groups in total. The molecule has 0 bridgehead atoms. The Hall–Kier alpha value is -2.66. The van der Waals surface area contributed by atoms with Gasteiger partial charge in [-0.15, -0.1) is 0 Å². The van der Waals surface area contributed by atoms with Gasteiger partial charge < -0.3 is 15.9 Å². The minimum atomic E-state index is -1.71. The van der Waals surface area contributed by atoms with Crippen LogP contribution in [0.2, 0.25) is 0 Å². The van der Waals surface area contributed by atoms with Crippen LogP contribution in [0, 0.1) is 5.92 Å². The number of carbonyl (C=O) groups is 2. The summed E-state index contributed by atoms with van der Waals surface area (Å²) in [5, 5.41) is 19.8. The van der Waals surface area contributed by atoms with E-state index >= 15 is 0 Å². The molecule has 0 aliphatic heterocycles. The number of carbonyl (C=O) groups excluding carboxylic acids is 1.